The second kappa shape index (κ2) is 8.68. The quantitative estimate of drug-likeness (QED) is 0.727. The van der Waals surface area contributed by atoms with Crippen molar-refractivity contribution in [2.24, 2.45) is 11.8 Å². The number of rotatable bonds is 8. The molecule has 0 radical (unpaired) electrons. The number of aromatic nitrogens is 2. The van der Waals surface area contributed by atoms with Gasteiger partial charge in [-0.3, -0.25) is 19.1 Å². The molecule has 1 rings (SSSR count). The fourth-order valence-electron chi connectivity index (χ4n) is 2.39. The average molecular weight is 340 g/mol. The van der Waals surface area contributed by atoms with E-state index >= 15 is 0 Å². The molecule has 1 aromatic heterocycles. The van der Waals surface area contributed by atoms with E-state index in [0.29, 0.717) is 6.54 Å². The smallest absolute Gasteiger partial charge is 0.330 e. The molecule has 1 amide bonds. The molecule has 0 spiro atoms. The topological polar surface area (TPSA) is 110 Å². The van der Waals surface area contributed by atoms with E-state index in [0.717, 1.165) is 0 Å². The molecule has 0 saturated carbocycles. The number of nitrogens with one attached hydrogen (secondary N) is 1. The predicted octanol–water partition coefficient (Wildman–Crippen LogP) is 0.800. The van der Waals surface area contributed by atoms with Crippen molar-refractivity contribution < 1.29 is 9.53 Å². The maximum Gasteiger partial charge on any atom is 0.330 e. The van der Waals surface area contributed by atoms with Gasteiger partial charge >= 0.3 is 5.69 Å². The fourth-order valence-corrected chi connectivity index (χ4v) is 2.39. The Hall–Kier alpha value is -2.09. The summed E-state index contributed by atoms with van der Waals surface area (Å²) in [6.07, 6.45) is 0.270. The molecule has 1 aromatic rings. The van der Waals surface area contributed by atoms with Crippen LogP contribution in [0.5, 0.6) is 0 Å². The van der Waals surface area contributed by atoms with Crippen LogP contribution in [0.3, 0.4) is 0 Å². The Kier molecular flexibility index (Phi) is 7.21. The molecule has 0 unspecified atom stereocenters. The molecule has 8 nitrogen and oxygen atoms in total. The van der Waals surface area contributed by atoms with Gasteiger partial charge in [0, 0.05) is 26.6 Å². The number of methoxy groups -OCH3 is 1. The first-order chi connectivity index (χ1) is 11.2. The molecule has 8 heteroatoms. The lowest BCUT2D eigenvalue weighted by atomic mass is 10.1. The lowest BCUT2D eigenvalue weighted by Gasteiger charge is -2.25. The number of ether oxygens (including phenoxy) is 1. The number of carbonyl (C=O) groups excluding carboxylic acids is 1. The first kappa shape index (κ1) is 20.0. The molecule has 0 aliphatic rings. The summed E-state index contributed by atoms with van der Waals surface area (Å²) < 4.78 is 6.33. The number of nitrogen functional groups attached to an aromatic ring is 1. The summed E-state index contributed by atoms with van der Waals surface area (Å²) >= 11 is 0. The van der Waals surface area contributed by atoms with Crippen LogP contribution in [0, 0.1) is 11.8 Å². The number of nitrogens with zero attached hydrogens (tertiary/aromatic N) is 2. The SMILES string of the molecule is COCCN(C(=O)CC(C)C)c1c(N)n(CC(C)C)c(=O)[nH]c1=O. The number of nitrogens with two attached hydrogens (primary N) is 1. The van der Waals surface area contributed by atoms with Crippen molar-refractivity contribution in [3.05, 3.63) is 20.8 Å². The Labute approximate surface area is 141 Å². The molecule has 0 atom stereocenters. The van der Waals surface area contributed by atoms with Gasteiger partial charge in [0.15, 0.2) is 5.69 Å². The molecule has 136 valence electrons. The van der Waals surface area contributed by atoms with Crippen molar-refractivity contribution in [2.45, 2.75) is 40.7 Å². The summed E-state index contributed by atoms with van der Waals surface area (Å²) in [5.74, 6) is 0.0617. The molecule has 0 aromatic carbocycles. The van der Waals surface area contributed by atoms with Gasteiger partial charge in [0.05, 0.1) is 6.61 Å². The first-order valence-electron chi connectivity index (χ1n) is 8.10. The summed E-state index contributed by atoms with van der Waals surface area (Å²) in [7, 11) is 1.51. The first-order valence-corrected chi connectivity index (χ1v) is 8.10. The van der Waals surface area contributed by atoms with Crippen molar-refractivity contribution in [1.29, 1.82) is 0 Å². The summed E-state index contributed by atoms with van der Waals surface area (Å²) in [5.41, 5.74) is 4.86. The van der Waals surface area contributed by atoms with Crippen molar-refractivity contribution >= 4 is 17.4 Å². The Morgan fingerprint density at radius 2 is 1.88 bits per heavy atom. The minimum Gasteiger partial charge on any atom is -0.383 e. The highest BCUT2D eigenvalue weighted by Gasteiger charge is 2.24. The van der Waals surface area contributed by atoms with E-state index in [1.54, 1.807) is 0 Å². The van der Waals surface area contributed by atoms with Gasteiger partial charge in [0.1, 0.15) is 5.82 Å². The number of hydrogen-bond donors (Lipinski definition) is 2. The molecule has 0 bridgehead atoms. The van der Waals surface area contributed by atoms with Gasteiger partial charge in [0.25, 0.3) is 5.56 Å². The maximum absolute atomic E-state index is 12.6. The van der Waals surface area contributed by atoms with Crippen LogP contribution in [-0.2, 0) is 16.1 Å². The molecular formula is C16H28N4O4. The van der Waals surface area contributed by atoms with Crippen LogP contribution in [0.4, 0.5) is 11.5 Å². The van der Waals surface area contributed by atoms with Crippen molar-refractivity contribution in [1.82, 2.24) is 9.55 Å². The summed E-state index contributed by atoms with van der Waals surface area (Å²) in [6, 6.07) is 0. The van der Waals surface area contributed by atoms with Crippen LogP contribution in [0.25, 0.3) is 0 Å². The highest BCUT2D eigenvalue weighted by atomic mass is 16.5. The highest BCUT2D eigenvalue weighted by Crippen LogP contribution is 2.19. The number of hydrogen-bond acceptors (Lipinski definition) is 5. The third kappa shape index (κ3) is 4.95. The number of anilines is 2. The molecule has 0 fully saturated rings. The fraction of sp³-hybridized carbons (Fsp3) is 0.688. The van der Waals surface area contributed by atoms with Gasteiger partial charge in [-0.25, -0.2) is 4.79 Å². The monoisotopic (exact) mass is 340 g/mol. The van der Waals surface area contributed by atoms with Crippen LogP contribution in [0.15, 0.2) is 9.59 Å². The van der Waals surface area contributed by atoms with Crippen molar-refractivity contribution in [3.8, 4) is 0 Å². The van der Waals surface area contributed by atoms with Crippen LogP contribution in [0.2, 0.25) is 0 Å². The summed E-state index contributed by atoms with van der Waals surface area (Å²) in [4.78, 5) is 40.5. The normalized spacial score (nSPS) is 11.3. The van der Waals surface area contributed by atoms with Gasteiger partial charge in [0.2, 0.25) is 5.91 Å². The van der Waals surface area contributed by atoms with E-state index in [1.165, 1.54) is 16.6 Å². The largest absolute Gasteiger partial charge is 0.383 e. The molecule has 0 aliphatic carbocycles. The van der Waals surface area contributed by atoms with Gasteiger partial charge in [-0.2, -0.15) is 0 Å². The van der Waals surface area contributed by atoms with E-state index in [1.807, 2.05) is 27.7 Å². The standard InChI is InChI=1S/C16H28N4O4/c1-10(2)8-12(21)19(6-7-24-5)13-14(17)20(9-11(3)4)16(23)18-15(13)22/h10-11H,6-9,17H2,1-5H3,(H,18,22,23). The third-order valence-electron chi connectivity index (χ3n) is 3.43. The minimum atomic E-state index is -0.661. The Morgan fingerprint density at radius 3 is 2.38 bits per heavy atom. The van der Waals surface area contributed by atoms with E-state index < -0.39 is 11.2 Å². The number of aromatic amines is 1. The van der Waals surface area contributed by atoms with Crippen molar-refractivity contribution in [3.63, 3.8) is 0 Å². The second-order valence-electron chi connectivity index (χ2n) is 6.63. The number of amides is 1. The van der Waals surface area contributed by atoms with E-state index in [2.05, 4.69) is 4.98 Å². The average Bonchev–Trinajstić information content (AvgIpc) is 2.45. The Morgan fingerprint density at radius 1 is 1.25 bits per heavy atom. The van der Waals surface area contributed by atoms with Gasteiger partial charge < -0.3 is 15.4 Å². The van der Waals surface area contributed by atoms with Gasteiger partial charge in [-0.1, -0.05) is 27.7 Å². The molecule has 24 heavy (non-hydrogen) atoms. The Bertz CT molecular complexity index is 676. The molecule has 3 N–H and O–H groups in total. The van der Waals surface area contributed by atoms with Crippen LogP contribution >= 0.6 is 0 Å². The molecule has 0 saturated heterocycles. The number of carbonyl (C=O) groups is 1. The summed E-state index contributed by atoms with van der Waals surface area (Å²) in [6.45, 7) is 8.50. The van der Waals surface area contributed by atoms with Crippen LogP contribution in [-0.4, -0.2) is 35.7 Å². The molecule has 1 heterocycles. The minimum absolute atomic E-state index is 0.00524. The van der Waals surface area contributed by atoms with Gasteiger partial charge in [-0.05, 0) is 11.8 Å². The zero-order chi connectivity index (χ0) is 18.4. The number of H-pyrrole nitrogens is 1. The lowest BCUT2D eigenvalue weighted by Crippen LogP contribution is -2.43. The second-order valence-corrected chi connectivity index (χ2v) is 6.63. The van der Waals surface area contributed by atoms with Gasteiger partial charge in [-0.15, -0.1) is 0 Å². The molecular weight excluding hydrogens is 312 g/mol. The van der Waals surface area contributed by atoms with E-state index in [-0.39, 0.29) is 48.8 Å². The Balaban J connectivity index is 3.43. The third-order valence-corrected chi connectivity index (χ3v) is 3.43. The summed E-state index contributed by atoms with van der Waals surface area (Å²) in [5, 5.41) is 0. The van der Waals surface area contributed by atoms with E-state index in [4.69, 9.17) is 10.5 Å². The zero-order valence-electron chi connectivity index (χ0n) is 15.1. The lowest BCUT2D eigenvalue weighted by molar-refractivity contribution is -0.119. The van der Waals surface area contributed by atoms with E-state index in [9.17, 15) is 14.4 Å². The van der Waals surface area contributed by atoms with Crippen molar-refractivity contribution in [2.75, 3.05) is 30.9 Å². The van der Waals surface area contributed by atoms with Crippen LogP contribution < -0.4 is 21.9 Å². The zero-order valence-corrected chi connectivity index (χ0v) is 15.1. The maximum atomic E-state index is 12.6. The van der Waals surface area contributed by atoms with Crippen LogP contribution in [0.1, 0.15) is 34.1 Å². The predicted molar refractivity (Wildman–Crippen MR) is 94.3 cm³/mol. The molecule has 0 aliphatic heterocycles. The highest BCUT2D eigenvalue weighted by molar-refractivity contribution is 5.95.